The van der Waals surface area contributed by atoms with Gasteiger partial charge in [0.15, 0.2) is 11.5 Å². The predicted molar refractivity (Wildman–Crippen MR) is 73.0 cm³/mol. The van der Waals surface area contributed by atoms with Gasteiger partial charge in [-0.3, -0.25) is 0 Å². The van der Waals surface area contributed by atoms with Gasteiger partial charge >= 0.3 is 0 Å². The molecule has 0 saturated heterocycles. The average Bonchev–Trinajstić information content (AvgIpc) is 2.41. The zero-order valence-corrected chi connectivity index (χ0v) is 10.4. The Bertz CT molecular complexity index is 497. The molecule has 0 aliphatic heterocycles. The molecule has 0 bridgehead atoms. The van der Waals surface area contributed by atoms with Crippen LogP contribution in [0.15, 0.2) is 48.5 Å². The summed E-state index contributed by atoms with van der Waals surface area (Å²) < 4.78 is 5.35. The van der Waals surface area contributed by atoms with Crippen molar-refractivity contribution in [2.75, 3.05) is 11.9 Å². The van der Waals surface area contributed by atoms with Crippen LogP contribution in [0.25, 0.3) is 0 Å². The number of hydrogen-bond acceptors (Lipinski definition) is 3. The van der Waals surface area contributed by atoms with Crippen molar-refractivity contribution in [3.8, 4) is 11.5 Å². The molecule has 0 amide bonds. The Morgan fingerprint density at radius 2 is 1.83 bits per heavy atom. The summed E-state index contributed by atoms with van der Waals surface area (Å²) >= 11 is 0. The van der Waals surface area contributed by atoms with E-state index < -0.39 is 0 Å². The molecular weight excluding hydrogens is 226 g/mol. The lowest BCUT2D eigenvalue weighted by Crippen LogP contribution is -2.01. The highest BCUT2D eigenvalue weighted by Gasteiger charge is 2.07. The third-order valence-corrected chi connectivity index (χ3v) is 2.64. The molecule has 0 aromatic heterocycles. The largest absolute Gasteiger partial charge is 0.504 e. The lowest BCUT2D eigenvalue weighted by atomic mass is 10.2. The van der Waals surface area contributed by atoms with Gasteiger partial charge in [0, 0.05) is 17.8 Å². The van der Waals surface area contributed by atoms with Gasteiger partial charge < -0.3 is 15.2 Å². The second kappa shape index (κ2) is 5.96. The Labute approximate surface area is 107 Å². The first-order valence-electron chi connectivity index (χ1n) is 6.04. The van der Waals surface area contributed by atoms with Crippen molar-refractivity contribution in [1.82, 2.24) is 0 Å². The number of rotatable bonds is 5. The molecule has 0 spiro atoms. The van der Waals surface area contributed by atoms with Gasteiger partial charge in [0.25, 0.3) is 0 Å². The van der Waals surface area contributed by atoms with Crippen LogP contribution < -0.4 is 10.1 Å². The Morgan fingerprint density at radius 3 is 2.56 bits per heavy atom. The predicted octanol–water partition coefficient (Wildman–Crippen LogP) is 3.40. The summed E-state index contributed by atoms with van der Waals surface area (Å²) in [5.74, 6) is 0.743. The maximum atomic E-state index is 10.0. The number of hydrogen-bond donors (Lipinski definition) is 2. The minimum absolute atomic E-state index is 0.211. The summed E-state index contributed by atoms with van der Waals surface area (Å²) in [4.78, 5) is 0. The number of phenolic OH excluding ortho intramolecular Hbond substituents is 1. The second-order valence-corrected chi connectivity index (χ2v) is 3.92. The molecule has 2 rings (SSSR count). The number of benzene rings is 2. The third kappa shape index (κ3) is 2.94. The molecule has 0 aliphatic carbocycles. The molecule has 0 fully saturated rings. The summed E-state index contributed by atoms with van der Waals surface area (Å²) in [7, 11) is 0. The topological polar surface area (TPSA) is 41.5 Å². The molecule has 0 heterocycles. The first-order valence-corrected chi connectivity index (χ1v) is 6.04. The van der Waals surface area contributed by atoms with E-state index in [0.29, 0.717) is 18.9 Å². The molecule has 0 radical (unpaired) electrons. The summed E-state index contributed by atoms with van der Waals surface area (Å²) in [6, 6.07) is 15.4. The van der Waals surface area contributed by atoms with Gasteiger partial charge in [-0.25, -0.2) is 0 Å². The molecule has 0 saturated carbocycles. The molecule has 2 aromatic carbocycles. The van der Waals surface area contributed by atoms with Crippen molar-refractivity contribution in [3.63, 3.8) is 0 Å². The van der Waals surface area contributed by atoms with Gasteiger partial charge in [-0.2, -0.15) is 0 Å². The normalized spacial score (nSPS) is 10.1. The van der Waals surface area contributed by atoms with Gasteiger partial charge in [-0.05, 0) is 25.1 Å². The SMILES string of the molecule is CCOc1cccc(CNc2ccccc2)c1O. The van der Waals surface area contributed by atoms with E-state index in [2.05, 4.69) is 5.32 Å². The fourth-order valence-corrected chi connectivity index (χ4v) is 1.74. The molecule has 18 heavy (non-hydrogen) atoms. The third-order valence-electron chi connectivity index (χ3n) is 2.64. The van der Waals surface area contributed by atoms with E-state index in [9.17, 15) is 5.11 Å². The highest BCUT2D eigenvalue weighted by molar-refractivity contribution is 5.49. The lowest BCUT2D eigenvalue weighted by Gasteiger charge is -2.11. The standard InChI is InChI=1S/C15H17NO2/c1-2-18-14-10-6-7-12(15(14)17)11-16-13-8-4-3-5-9-13/h3-10,16-17H,2,11H2,1H3. The molecular formula is C15H17NO2. The zero-order valence-electron chi connectivity index (χ0n) is 10.4. The first-order chi connectivity index (χ1) is 8.81. The Morgan fingerprint density at radius 1 is 1.06 bits per heavy atom. The Balaban J connectivity index is 2.08. The molecule has 94 valence electrons. The lowest BCUT2D eigenvalue weighted by molar-refractivity contribution is 0.317. The van der Waals surface area contributed by atoms with Crippen LogP contribution in [0.2, 0.25) is 0 Å². The Hall–Kier alpha value is -2.16. The van der Waals surface area contributed by atoms with Crippen LogP contribution >= 0.6 is 0 Å². The van der Waals surface area contributed by atoms with Crippen LogP contribution in [0.4, 0.5) is 5.69 Å². The van der Waals surface area contributed by atoms with E-state index in [1.807, 2.05) is 49.4 Å². The van der Waals surface area contributed by atoms with E-state index in [0.717, 1.165) is 11.3 Å². The summed E-state index contributed by atoms with van der Waals surface area (Å²) in [6.07, 6.45) is 0. The van der Waals surface area contributed by atoms with Crippen molar-refractivity contribution in [2.45, 2.75) is 13.5 Å². The monoisotopic (exact) mass is 243 g/mol. The summed E-state index contributed by atoms with van der Waals surface area (Å²) in [6.45, 7) is 3.01. The molecule has 3 nitrogen and oxygen atoms in total. The fourth-order valence-electron chi connectivity index (χ4n) is 1.74. The van der Waals surface area contributed by atoms with E-state index in [1.165, 1.54) is 0 Å². The van der Waals surface area contributed by atoms with E-state index in [4.69, 9.17) is 4.74 Å². The van der Waals surface area contributed by atoms with Crippen LogP contribution in [-0.4, -0.2) is 11.7 Å². The summed E-state index contributed by atoms with van der Waals surface area (Å²) in [5, 5.41) is 13.3. The second-order valence-electron chi connectivity index (χ2n) is 3.92. The number of anilines is 1. The number of nitrogens with one attached hydrogen (secondary N) is 1. The summed E-state index contributed by atoms with van der Waals surface area (Å²) in [5.41, 5.74) is 1.85. The van der Waals surface area contributed by atoms with E-state index >= 15 is 0 Å². The quantitative estimate of drug-likeness (QED) is 0.845. The van der Waals surface area contributed by atoms with Gasteiger partial charge in [0.05, 0.1) is 6.61 Å². The molecule has 0 aliphatic rings. The maximum absolute atomic E-state index is 10.0. The van der Waals surface area contributed by atoms with Crippen LogP contribution in [0.5, 0.6) is 11.5 Å². The van der Waals surface area contributed by atoms with Crippen LogP contribution in [0.1, 0.15) is 12.5 Å². The van der Waals surface area contributed by atoms with Crippen molar-refractivity contribution in [3.05, 3.63) is 54.1 Å². The minimum atomic E-state index is 0.211. The van der Waals surface area contributed by atoms with E-state index in [1.54, 1.807) is 6.07 Å². The molecule has 0 atom stereocenters. The van der Waals surface area contributed by atoms with Gasteiger partial charge in [-0.15, -0.1) is 0 Å². The van der Waals surface area contributed by atoms with Crippen molar-refractivity contribution >= 4 is 5.69 Å². The van der Waals surface area contributed by atoms with Gasteiger partial charge in [-0.1, -0.05) is 30.3 Å². The van der Waals surface area contributed by atoms with Crippen LogP contribution in [0, 0.1) is 0 Å². The zero-order chi connectivity index (χ0) is 12.8. The van der Waals surface area contributed by atoms with E-state index in [-0.39, 0.29) is 5.75 Å². The first kappa shape index (κ1) is 12.3. The van der Waals surface area contributed by atoms with Gasteiger partial charge in [0.2, 0.25) is 0 Å². The van der Waals surface area contributed by atoms with Gasteiger partial charge in [0.1, 0.15) is 0 Å². The molecule has 2 N–H and O–H groups in total. The fraction of sp³-hybridized carbons (Fsp3) is 0.200. The van der Waals surface area contributed by atoms with Crippen molar-refractivity contribution < 1.29 is 9.84 Å². The van der Waals surface area contributed by atoms with Crippen LogP contribution in [-0.2, 0) is 6.54 Å². The molecule has 3 heteroatoms. The van der Waals surface area contributed by atoms with Crippen molar-refractivity contribution in [2.24, 2.45) is 0 Å². The highest BCUT2D eigenvalue weighted by Crippen LogP contribution is 2.30. The minimum Gasteiger partial charge on any atom is -0.504 e. The highest BCUT2D eigenvalue weighted by atomic mass is 16.5. The van der Waals surface area contributed by atoms with Crippen molar-refractivity contribution in [1.29, 1.82) is 0 Å². The number of aromatic hydroxyl groups is 1. The number of ether oxygens (including phenoxy) is 1. The maximum Gasteiger partial charge on any atom is 0.162 e. The Kier molecular flexibility index (Phi) is 4.07. The number of para-hydroxylation sites is 2. The average molecular weight is 243 g/mol. The van der Waals surface area contributed by atoms with Crippen LogP contribution in [0.3, 0.4) is 0 Å². The molecule has 0 unspecified atom stereocenters. The molecule has 2 aromatic rings. The smallest absolute Gasteiger partial charge is 0.162 e. The number of phenols is 1.